The Hall–Kier alpha value is 1.50. The monoisotopic (exact) mass is 392 g/mol. The molecule has 102 valence electrons. The Morgan fingerprint density at radius 2 is 1.29 bits per heavy atom. The van der Waals surface area contributed by atoms with E-state index in [2.05, 4.69) is 11.4 Å². The summed E-state index contributed by atoms with van der Waals surface area (Å²) in [4.78, 5) is 8.42. The molecule has 0 amide bonds. The van der Waals surface area contributed by atoms with Gasteiger partial charge in [-0.1, -0.05) is 64.7 Å². The van der Waals surface area contributed by atoms with Crippen LogP contribution in [-0.2, 0) is 9.09 Å². The van der Waals surface area contributed by atoms with Crippen molar-refractivity contribution in [1.29, 1.82) is 0 Å². The fraction of sp³-hybridized carbons (Fsp3) is 1.00. The maximum Gasteiger partial charge on any atom is 0.316 e. The molecule has 0 rings (SSSR count). The average Bonchev–Trinajstić information content (AvgIpc) is 2.25. The van der Waals surface area contributed by atoms with Crippen LogP contribution in [0.1, 0.15) is 71.1 Å². The van der Waals surface area contributed by atoms with Crippen LogP contribution in [0.4, 0.5) is 0 Å². The molecule has 0 aromatic heterocycles. The summed E-state index contributed by atoms with van der Waals surface area (Å²) in [5, 5.41) is 0. The molecular formula is C12H27NdO3P. The molecule has 0 fully saturated rings. The molecule has 0 saturated carbocycles. The summed E-state index contributed by atoms with van der Waals surface area (Å²) in [7, 11) is -2.69. The van der Waals surface area contributed by atoms with Crippen molar-refractivity contribution in [2.24, 2.45) is 0 Å². The van der Waals surface area contributed by atoms with Crippen molar-refractivity contribution >= 4 is 8.25 Å². The molecule has 0 heterocycles. The summed E-state index contributed by atoms with van der Waals surface area (Å²) in [5.41, 5.74) is 0. The van der Waals surface area contributed by atoms with Gasteiger partial charge in [0.1, 0.15) is 0 Å². The molecule has 1 atom stereocenters. The number of hydrogen-bond donors (Lipinski definition) is 1. The van der Waals surface area contributed by atoms with Crippen LogP contribution < -0.4 is 0 Å². The van der Waals surface area contributed by atoms with E-state index < -0.39 is 8.25 Å². The third-order valence-corrected chi connectivity index (χ3v) is 3.17. The first kappa shape index (κ1) is 20.8. The quantitative estimate of drug-likeness (QED) is 0.396. The van der Waals surface area contributed by atoms with E-state index in [1.54, 1.807) is 0 Å². The van der Waals surface area contributed by atoms with Gasteiger partial charge in [0.25, 0.3) is 0 Å². The van der Waals surface area contributed by atoms with Crippen molar-refractivity contribution in [3.63, 3.8) is 0 Å². The van der Waals surface area contributed by atoms with Crippen molar-refractivity contribution in [2.45, 2.75) is 71.1 Å². The van der Waals surface area contributed by atoms with Crippen LogP contribution in [-0.4, -0.2) is 11.5 Å². The van der Waals surface area contributed by atoms with Gasteiger partial charge >= 0.3 is 8.25 Å². The van der Waals surface area contributed by atoms with Crippen molar-refractivity contribution in [1.82, 2.24) is 0 Å². The predicted molar refractivity (Wildman–Crippen MR) is 69.0 cm³/mol. The Kier molecular flexibility index (Phi) is 21.4. The topological polar surface area (TPSA) is 46.5 Å². The van der Waals surface area contributed by atoms with Crippen LogP contribution in [0.2, 0.25) is 0 Å². The first-order chi connectivity index (χ1) is 7.77. The van der Waals surface area contributed by atoms with E-state index in [0.29, 0.717) is 6.61 Å². The first-order valence-electron chi connectivity index (χ1n) is 6.63. The van der Waals surface area contributed by atoms with Crippen LogP contribution in [0, 0.1) is 40.8 Å². The molecule has 0 bridgehead atoms. The second kappa shape index (κ2) is 17.5. The third-order valence-electron chi connectivity index (χ3n) is 2.72. The summed E-state index contributed by atoms with van der Waals surface area (Å²) in [6, 6.07) is 0. The molecule has 0 radical (unpaired) electrons. The van der Waals surface area contributed by atoms with Gasteiger partial charge in [0, 0.05) is 40.8 Å². The van der Waals surface area contributed by atoms with E-state index in [-0.39, 0.29) is 40.8 Å². The first-order valence-corrected chi connectivity index (χ1v) is 7.89. The van der Waals surface area contributed by atoms with Gasteiger partial charge in [0.2, 0.25) is 0 Å². The molecule has 0 spiro atoms. The normalized spacial score (nSPS) is 12.1. The predicted octanol–water partition coefficient (Wildman–Crippen LogP) is 4.31. The Bertz CT molecular complexity index is 168. The fourth-order valence-electron chi connectivity index (χ4n) is 1.75. The van der Waals surface area contributed by atoms with Gasteiger partial charge in [-0.15, -0.1) is 0 Å². The maximum absolute atomic E-state index is 10.2. The van der Waals surface area contributed by atoms with Crippen LogP contribution in [0.15, 0.2) is 0 Å². The van der Waals surface area contributed by atoms with E-state index in [9.17, 15) is 4.57 Å². The largest absolute Gasteiger partial charge is 0.326 e. The molecule has 0 aromatic carbocycles. The Balaban J connectivity index is 0. The fourth-order valence-corrected chi connectivity index (χ4v) is 2.07. The smallest absolute Gasteiger partial charge is 0.316 e. The standard InChI is InChI=1S/C12H27O3P.Nd/c1-2-3-4-5-6-7-8-9-10-11-12-15-16(13)14;/h16H,2-12H2,1H3,(H,13,14);. The Morgan fingerprint density at radius 3 is 1.71 bits per heavy atom. The van der Waals surface area contributed by atoms with E-state index in [1.807, 2.05) is 0 Å². The van der Waals surface area contributed by atoms with E-state index in [0.717, 1.165) is 12.8 Å². The second-order valence-corrected chi connectivity index (χ2v) is 5.12. The molecule has 0 saturated heterocycles. The number of unbranched alkanes of at least 4 members (excludes halogenated alkanes) is 9. The number of hydrogen-bond acceptors (Lipinski definition) is 2. The van der Waals surface area contributed by atoms with Gasteiger partial charge in [-0.2, -0.15) is 0 Å². The minimum atomic E-state index is -2.69. The van der Waals surface area contributed by atoms with Gasteiger partial charge in [-0.3, -0.25) is 4.57 Å². The molecule has 1 N–H and O–H groups in total. The zero-order valence-corrected chi connectivity index (χ0v) is 15.2. The maximum atomic E-state index is 10.2. The summed E-state index contributed by atoms with van der Waals surface area (Å²) >= 11 is 0. The van der Waals surface area contributed by atoms with Crippen molar-refractivity contribution in [2.75, 3.05) is 6.61 Å². The second-order valence-electron chi connectivity index (χ2n) is 4.30. The summed E-state index contributed by atoms with van der Waals surface area (Å²) < 4.78 is 14.8. The summed E-state index contributed by atoms with van der Waals surface area (Å²) in [6.45, 7) is 2.67. The number of rotatable bonds is 12. The molecule has 0 aliphatic heterocycles. The minimum Gasteiger partial charge on any atom is -0.326 e. The van der Waals surface area contributed by atoms with E-state index >= 15 is 0 Å². The van der Waals surface area contributed by atoms with Gasteiger partial charge in [0.15, 0.2) is 0 Å². The third kappa shape index (κ3) is 20.0. The molecule has 17 heavy (non-hydrogen) atoms. The van der Waals surface area contributed by atoms with Crippen LogP contribution in [0.25, 0.3) is 0 Å². The molecule has 5 heteroatoms. The Morgan fingerprint density at radius 1 is 0.882 bits per heavy atom. The van der Waals surface area contributed by atoms with Crippen LogP contribution >= 0.6 is 8.25 Å². The van der Waals surface area contributed by atoms with Gasteiger partial charge in [-0.25, -0.2) is 0 Å². The van der Waals surface area contributed by atoms with Crippen LogP contribution in [0.3, 0.4) is 0 Å². The zero-order chi connectivity index (χ0) is 12.1. The molecule has 0 aliphatic rings. The molecule has 0 aromatic rings. The molecular weight excluding hydrogens is 367 g/mol. The SMILES string of the molecule is CCCCCCCCCCCCO[PH](=O)O.[Nd]. The van der Waals surface area contributed by atoms with Gasteiger partial charge in [-0.05, 0) is 6.42 Å². The van der Waals surface area contributed by atoms with Gasteiger partial charge in [0.05, 0.1) is 6.61 Å². The summed E-state index contributed by atoms with van der Waals surface area (Å²) in [6.07, 6.45) is 12.7. The van der Waals surface area contributed by atoms with Crippen molar-refractivity contribution < 1.29 is 54.8 Å². The zero-order valence-electron chi connectivity index (χ0n) is 11.0. The van der Waals surface area contributed by atoms with E-state index in [1.165, 1.54) is 51.4 Å². The summed E-state index contributed by atoms with van der Waals surface area (Å²) in [5.74, 6) is 0. The van der Waals surface area contributed by atoms with E-state index in [4.69, 9.17) is 4.89 Å². The average molecular weight is 395 g/mol. The Labute approximate surface area is 140 Å². The molecule has 0 aliphatic carbocycles. The van der Waals surface area contributed by atoms with Crippen molar-refractivity contribution in [3.05, 3.63) is 0 Å². The van der Waals surface area contributed by atoms with Gasteiger partial charge < -0.3 is 9.42 Å². The minimum absolute atomic E-state index is 0. The molecule has 1 unspecified atom stereocenters. The van der Waals surface area contributed by atoms with Crippen LogP contribution in [0.5, 0.6) is 0 Å². The molecule has 3 nitrogen and oxygen atoms in total. The van der Waals surface area contributed by atoms with Crippen molar-refractivity contribution in [3.8, 4) is 0 Å².